The maximum Gasteiger partial charge on any atom is 0.225 e. The normalized spacial score (nSPS) is 19.7. The molecule has 0 aliphatic carbocycles. The molecule has 1 amide bonds. The van der Waals surface area contributed by atoms with Gasteiger partial charge in [-0.3, -0.25) is 9.69 Å². The molecule has 0 radical (unpaired) electrons. The molecule has 2 aromatic carbocycles. The maximum atomic E-state index is 14.5. The highest BCUT2D eigenvalue weighted by molar-refractivity contribution is 5.78. The summed E-state index contributed by atoms with van der Waals surface area (Å²) in [5.74, 6) is 1.13. The first-order valence-corrected chi connectivity index (χ1v) is 12.9. The van der Waals surface area contributed by atoms with E-state index in [1.807, 2.05) is 36.9 Å². The number of fused-ring (bicyclic) bond motifs is 1. The molecule has 0 unspecified atom stereocenters. The van der Waals surface area contributed by atoms with Crippen LogP contribution in [0.4, 0.5) is 4.39 Å². The van der Waals surface area contributed by atoms with Crippen LogP contribution in [0.3, 0.4) is 0 Å². The van der Waals surface area contributed by atoms with Gasteiger partial charge in [-0.2, -0.15) is 0 Å². The molecular formula is C29H39FN2O2. The van der Waals surface area contributed by atoms with Gasteiger partial charge in [-0.15, -0.1) is 0 Å². The van der Waals surface area contributed by atoms with Crippen molar-refractivity contribution in [3.63, 3.8) is 0 Å². The van der Waals surface area contributed by atoms with E-state index in [0.717, 1.165) is 76.0 Å². The fraction of sp³-hybridized carbons (Fsp3) is 0.552. The molecule has 2 aliphatic heterocycles. The van der Waals surface area contributed by atoms with Crippen molar-refractivity contribution in [1.82, 2.24) is 9.80 Å². The second-order valence-corrected chi connectivity index (χ2v) is 10.4. The molecule has 0 atom stereocenters. The van der Waals surface area contributed by atoms with Crippen molar-refractivity contribution in [2.24, 2.45) is 11.3 Å². The van der Waals surface area contributed by atoms with E-state index in [0.29, 0.717) is 13.2 Å². The summed E-state index contributed by atoms with van der Waals surface area (Å²) in [6.07, 6.45) is 6.48. The van der Waals surface area contributed by atoms with Crippen LogP contribution in [0.5, 0.6) is 5.75 Å². The average Bonchev–Trinajstić information content (AvgIpc) is 2.83. The van der Waals surface area contributed by atoms with Crippen LogP contribution in [0.2, 0.25) is 0 Å². The summed E-state index contributed by atoms with van der Waals surface area (Å²) < 4.78 is 20.8. The van der Waals surface area contributed by atoms with Crippen LogP contribution in [-0.2, 0) is 17.8 Å². The standard InChI is InChI=1S/C29H39FN2O2/c1-23(2)28(33)32-17-15-29(16-18-32)14-8-7-10-24-9-4-6-13-27(24)34-20-19-31(22-29)21-25-11-3-5-12-26(25)30/h3-6,9,11-13,23H,7-8,10,14-22H2,1-2H3. The van der Waals surface area contributed by atoms with Gasteiger partial charge in [0.2, 0.25) is 5.91 Å². The van der Waals surface area contributed by atoms with Crippen molar-refractivity contribution in [2.75, 3.05) is 32.8 Å². The average molecular weight is 467 g/mol. The predicted octanol–water partition coefficient (Wildman–Crippen LogP) is 5.70. The Hall–Kier alpha value is -2.40. The molecule has 2 aromatic rings. The van der Waals surface area contributed by atoms with Gasteiger partial charge < -0.3 is 9.64 Å². The quantitative estimate of drug-likeness (QED) is 0.582. The fourth-order valence-corrected chi connectivity index (χ4v) is 5.56. The molecular weight excluding hydrogens is 427 g/mol. The van der Waals surface area contributed by atoms with E-state index >= 15 is 0 Å². The highest BCUT2D eigenvalue weighted by Crippen LogP contribution is 2.39. The third-order valence-corrected chi connectivity index (χ3v) is 7.58. The van der Waals surface area contributed by atoms with E-state index in [4.69, 9.17) is 4.74 Å². The molecule has 1 spiro atoms. The highest BCUT2D eigenvalue weighted by atomic mass is 19.1. The lowest BCUT2D eigenvalue weighted by atomic mass is 9.73. The number of piperidine rings is 1. The van der Waals surface area contributed by atoms with Gasteiger partial charge >= 0.3 is 0 Å². The van der Waals surface area contributed by atoms with Gasteiger partial charge in [0.05, 0.1) is 0 Å². The Labute approximate surface area is 204 Å². The van der Waals surface area contributed by atoms with E-state index in [2.05, 4.69) is 23.1 Å². The Morgan fingerprint density at radius 1 is 1.00 bits per heavy atom. The zero-order valence-corrected chi connectivity index (χ0v) is 20.8. The number of ether oxygens (including phenoxy) is 1. The first-order valence-electron chi connectivity index (χ1n) is 12.9. The van der Waals surface area contributed by atoms with Crippen molar-refractivity contribution < 1.29 is 13.9 Å². The summed E-state index contributed by atoms with van der Waals surface area (Å²) in [6, 6.07) is 15.4. The predicted molar refractivity (Wildman–Crippen MR) is 134 cm³/mol. The lowest BCUT2D eigenvalue weighted by molar-refractivity contribution is -0.137. The molecule has 0 aromatic heterocycles. The van der Waals surface area contributed by atoms with Crippen molar-refractivity contribution in [2.45, 2.75) is 58.9 Å². The lowest BCUT2D eigenvalue weighted by Crippen LogP contribution is -2.49. The highest BCUT2D eigenvalue weighted by Gasteiger charge is 2.37. The second kappa shape index (κ2) is 11.4. The summed E-state index contributed by atoms with van der Waals surface area (Å²) in [7, 11) is 0. The van der Waals surface area contributed by atoms with Gasteiger partial charge in [-0.1, -0.05) is 56.7 Å². The number of para-hydroxylation sites is 1. The number of likely N-dealkylation sites (tertiary alicyclic amines) is 1. The van der Waals surface area contributed by atoms with E-state index in [-0.39, 0.29) is 23.1 Å². The zero-order valence-electron chi connectivity index (χ0n) is 20.8. The molecule has 34 heavy (non-hydrogen) atoms. The Bertz CT molecular complexity index is 953. The number of carbonyl (C=O) groups excluding carboxylic acids is 1. The first kappa shape index (κ1) is 24.7. The third kappa shape index (κ3) is 6.18. The maximum absolute atomic E-state index is 14.5. The molecule has 184 valence electrons. The van der Waals surface area contributed by atoms with Crippen LogP contribution in [0.1, 0.15) is 57.1 Å². The number of rotatable bonds is 3. The largest absolute Gasteiger partial charge is 0.492 e. The molecule has 4 nitrogen and oxygen atoms in total. The van der Waals surface area contributed by atoms with E-state index < -0.39 is 0 Å². The van der Waals surface area contributed by atoms with Crippen LogP contribution >= 0.6 is 0 Å². The summed E-state index contributed by atoms with van der Waals surface area (Å²) >= 11 is 0. The van der Waals surface area contributed by atoms with Crippen LogP contribution in [0.25, 0.3) is 0 Å². The Kier molecular flexibility index (Phi) is 8.25. The number of hydrogen-bond acceptors (Lipinski definition) is 3. The Morgan fingerprint density at radius 2 is 1.74 bits per heavy atom. The van der Waals surface area contributed by atoms with Crippen LogP contribution in [0, 0.1) is 17.2 Å². The number of nitrogens with zero attached hydrogens (tertiary/aromatic N) is 2. The number of hydrogen-bond donors (Lipinski definition) is 0. The summed E-state index contributed by atoms with van der Waals surface area (Å²) in [6.45, 7) is 8.43. The number of amides is 1. The first-order chi connectivity index (χ1) is 16.5. The topological polar surface area (TPSA) is 32.8 Å². The van der Waals surface area contributed by atoms with E-state index in [1.54, 1.807) is 12.1 Å². The molecule has 2 heterocycles. The zero-order chi connectivity index (χ0) is 24.0. The molecule has 0 saturated carbocycles. The van der Waals surface area contributed by atoms with E-state index in [1.165, 1.54) is 5.56 Å². The van der Waals surface area contributed by atoms with E-state index in [9.17, 15) is 9.18 Å². The second-order valence-electron chi connectivity index (χ2n) is 10.4. The molecule has 1 saturated heterocycles. The smallest absolute Gasteiger partial charge is 0.225 e. The molecule has 1 fully saturated rings. The van der Waals surface area contributed by atoms with Gasteiger partial charge in [0.1, 0.15) is 18.2 Å². The SMILES string of the molecule is CC(C)C(=O)N1CCC2(CCCCc3ccccc3OCCN(Cc3ccccc3F)C2)CC1. The molecule has 0 bridgehead atoms. The van der Waals surface area contributed by atoms with Crippen LogP contribution in [-0.4, -0.2) is 48.5 Å². The van der Waals surface area contributed by atoms with Gasteiger partial charge in [0.15, 0.2) is 0 Å². The van der Waals surface area contributed by atoms with Gasteiger partial charge in [-0.05, 0) is 55.2 Å². The van der Waals surface area contributed by atoms with Crippen LogP contribution in [0.15, 0.2) is 48.5 Å². The minimum absolute atomic E-state index is 0.0418. The summed E-state index contributed by atoms with van der Waals surface area (Å²) in [5.41, 5.74) is 2.16. The Morgan fingerprint density at radius 3 is 2.50 bits per heavy atom. The van der Waals surface area contributed by atoms with Crippen molar-refractivity contribution in [1.29, 1.82) is 0 Å². The Balaban J connectivity index is 1.54. The minimum Gasteiger partial charge on any atom is -0.492 e. The molecule has 0 N–H and O–H groups in total. The lowest BCUT2D eigenvalue weighted by Gasteiger charge is -2.45. The number of halogens is 1. The number of aryl methyl sites for hydroxylation is 1. The monoisotopic (exact) mass is 466 g/mol. The number of benzene rings is 2. The number of carbonyl (C=O) groups is 1. The van der Waals surface area contributed by atoms with Crippen molar-refractivity contribution in [3.8, 4) is 5.75 Å². The van der Waals surface area contributed by atoms with Crippen molar-refractivity contribution >= 4 is 5.91 Å². The van der Waals surface area contributed by atoms with Gasteiger partial charge in [-0.25, -0.2) is 4.39 Å². The minimum atomic E-state index is -0.147. The third-order valence-electron chi connectivity index (χ3n) is 7.58. The summed E-state index contributed by atoms with van der Waals surface area (Å²) in [5, 5.41) is 0. The van der Waals surface area contributed by atoms with Gasteiger partial charge in [0.25, 0.3) is 0 Å². The van der Waals surface area contributed by atoms with Crippen LogP contribution < -0.4 is 4.74 Å². The van der Waals surface area contributed by atoms with Crippen molar-refractivity contribution in [3.05, 3.63) is 65.5 Å². The molecule has 2 aliphatic rings. The van der Waals surface area contributed by atoms with Gasteiger partial charge in [0, 0.05) is 44.2 Å². The molecule has 5 heteroatoms. The fourth-order valence-electron chi connectivity index (χ4n) is 5.56. The summed E-state index contributed by atoms with van der Waals surface area (Å²) in [4.78, 5) is 17.0. The molecule has 4 rings (SSSR count).